The molecular weight excluding hydrogens is 256 g/mol. The van der Waals surface area contributed by atoms with Crippen molar-refractivity contribution in [1.29, 1.82) is 0 Å². The molecule has 2 unspecified atom stereocenters. The molecule has 0 aromatic heterocycles. The first-order valence-electron chi connectivity index (χ1n) is 7.61. The van der Waals surface area contributed by atoms with Crippen molar-refractivity contribution in [2.45, 2.75) is 65.2 Å². The number of β-amino-alcohol motifs (C(OH)–C–C–N with tert-alkyl or cyclic N) is 1. The molecule has 1 heterocycles. The van der Waals surface area contributed by atoms with E-state index < -0.39 is 5.60 Å². The Balaban J connectivity index is 2.39. The van der Waals surface area contributed by atoms with Gasteiger partial charge in [-0.25, -0.2) is 4.79 Å². The first-order valence-corrected chi connectivity index (χ1v) is 7.61. The molecule has 1 fully saturated rings. The summed E-state index contributed by atoms with van der Waals surface area (Å²) in [6.45, 7) is 12.2. The molecule has 1 rings (SSSR count). The minimum atomic E-state index is -0.459. The van der Waals surface area contributed by atoms with Crippen molar-refractivity contribution in [2.75, 3.05) is 19.6 Å². The zero-order chi connectivity index (χ0) is 15.3. The smallest absolute Gasteiger partial charge is 0.407 e. The Morgan fingerprint density at radius 2 is 2.15 bits per heavy atom. The van der Waals surface area contributed by atoms with E-state index in [4.69, 9.17) is 4.74 Å². The summed E-state index contributed by atoms with van der Waals surface area (Å²) < 4.78 is 5.29. The van der Waals surface area contributed by atoms with Crippen LogP contribution in [0.4, 0.5) is 4.79 Å². The molecule has 0 aliphatic carbocycles. The van der Waals surface area contributed by atoms with Crippen molar-refractivity contribution in [3.05, 3.63) is 0 Å². The molecular formula is C15H30N2O3. The van der Waals surface area contributed by atoms with Crippen LogP contribution in [0, 0.1) is 5.92 Å². The van der Waals surface area contributed by atoms with Crippen LogP contribution in [0.15, 0.2) is 0 Å². The summed E-state index contributed by atoms with van der Waals surface area (Å²) in [6.07, 6.45) is 1.09. The topological polar surface area (TPSA) is 61.8 Å². The van der Waals surface area contributed by atoms with Crippen LogP contribution in [-0.2, 0) is 4.74 Å². The number of likely N-dealkylation sites (tertiary alicyclic amines) is 1. The molecule has 0 bridgehead atoms. The van der Waals surface area contributed by atoms with E-state index in [2.05, 4.69) is 17.1 Å². The van der Waals surface area contributed by atoms with Crippen molar-refractivity contribution in [2.24, 2.45) is 5.92 Å². The molecule has 1 saturated heterocycles. The maximum absolute atomic E-state index is 11.8. The molecule has 1 aliphatic rings. The number of aliphatic hydroxyl groups is 1. The minimum absolute atomic E-state index is 0.153. The molecule has 20 heavy (non-hydrogen) atoms. The lowest BCUT2D eigenvalue weighted by Crippen LogP contribution is -2.52. The monoisotopic (exact) mass is 286 g/mol. The summed E-state index contributed by atoms with van der Waals surface area (Å²) in [7, 11) is 0. The number of piperidine rings is 1. The van der Waals surface area contributed by atoms with Crippen molar-refractivity contribution in [1.82, 2.24) is 10.2 Å². The van der Waals surface area contributed by atoms with Gasteiger partial charge in [0.05, 0.1) is 6.10 Å². The van der Waals surface area contributed by atoms with Crippen LogP contribution in [0.5, 0.6) is 0 Å². The molecule has 2 N–H and O–H groups in total. The van der Waals surface area contributed by atoms with Crippen LogP contribution in [0.25, 0.3) is 0 Å². The Morgan fingerprint density at radius 1 is 1.50 bits per heavy atom. The summed E-state index contributed by atoms with van der Waals surface area (Å²) in [6, 6.07) is 0.153. The van der Waals surface area contributed by atoms with Crippen molar-refractivity contribution in [3.8, 4) is 0 Å². The first-order chi connectivity index (χ1) is 9.21. The van der Waals surface area contributed by atoms with E-state index in [0.717, 1.165) is 32.5 Å². The lowest BCUT2D eigenvalue weighted by atomic mass is 9.93. The van der Waals surface area contributed by atoms with E-state index in [-0.39, 0.29) is 18.2 Å². The molecule has 0 saturated carbocycles. The van der Waals surface area contributed by atoms with Gasteiger partial charge in [-0.2, -0.15) is 0 Å². The number of hydrogen-bond donors (Lipinski definition) is 2. The number of amides is 1. The quantitative estimate of drug-likeness (QED) is 0.829. The van der Waals surface area contributed by atoms with Gasteiger partial charge in [0.15, 0.2) is 0 Å². The lowest BCUT2D eigenvalue weighted by molar-refractivity contribution is 0.0397. The third kappa shape index (κ3) is 6.09. The SMILES string of the molecule is CC[C@@H](O)CN1CCC(NC(=O)OC(C)(C)C)C(C)C1. The number of alkyl carbamates (subject to hydrolysis) is 1. The second kappa shape index (κ2) is 7.27. The number of ether oxygens (including phenoxy) is 1. The summed E-state index contributed by atoms with van der Waals surface area (Å²) >= 11 is 0. The van der Waals surface area contributed by atoms with Crippen LogP contribution < -0.4 is 5.32 Å². The predicted octanol–water partition coefficient (Wildman–Crippen LogP) is 1.99. The zero-order valence-electron chi connectivity index (χ0n) is 13.5. The van der Waals surface area contributed by atoms with E-state index in [1.165, 1.54) is 0 Å². The standard InChI is InChI=1S/C15H30N2O3/c1-6-12(18)10-17-8-7-13(11(2)9-17)16-14(19)20-15(3,4)5/h11-13,18H,6-10H2,1-5H3,(H,16,19)/t11?,12-,13?/m1/s1. The number of nitrogens with zero attached hydrogens (tertiary/aromatic N) is 1. The van der Waals surface area contributed by atoms with Crippen LogP contribution in [0.1, 0.15) is 47.5 Å². The largest absolute Gasteiger partial charge is 0.444 e. The van der Waals surface area contributed by atoms with Crippen molar-refractivity contribution in [3.63, 3.8) is 0 Å². The van der Waals surface area contributed by atoms with Crippen molar-refractivity contribution < 1.29 is 14.6 Å². The zero-order valence-corrected chi connectivity index (χ0v) is 13.5. The molecule has 1 amide bonds. The lowest BCUT2D eigenvalue weighted by Gasteiger charge is -2.38. The van der Waals surface area contributed by atoms with E-state index in [1.54, 1.807) is 0 Å². The van der Waals surface area contributed by atoms with Crippen molar-refractivity contribution >= 4 is 6.09 Å². The molecule has 5 nitrogen and oxygen atoms in total. The highest BCUT2D eigenvalue weighted by Crippen LogP contribution is 2.18. The summed E-state index contributed by atoms with van der Waals surface area (Å²) in [4.78, 5) is 14.1. The normalized spacial score (nSPS) is 26.1. The predicted molar refractivity (Wildman–Crippen MR) is 79.7 cm³/mol. The third-order valence-electron chi connectivity index (χ3n) is 3.63. The maximum atomic E-state index is 11.8. The number of nitrogens with one attached hydrogen (secondary N) is 1. The van der Waals surface area contributed by atoms with Crippen LogP contribution >= 0.6 is 0 Å². The molecule has 5 heteroatoms. The Bertz CT molecular complexity index is 315. The van der Waals surface area contributed by atoms with E-state index in [0.29, 0.717) is 5.92 Å². The van der Waals surface area contributed by atoms with Crippen LogP contribution in [0.3, 0.4) is 0 Å². The number of rotatable bonds is 4. The van der Waals surface area contributed by atoms with Gasteiger partial charge < -0.3 is 20.1 Å². The van der Waals surface area contributed by atoms with Gasteiger partial charge in [-0.15, -0.1) is 0 Å². The second-order valence-electron chi connectivity index (χ2n) is 6.84. The first kappa shape index (κ1) is 17.2. The van der Waals surface area contributed by atoms with Crippen LogP contribution in [0.2, 0.25) is 0 Å². The molecule has 1 aliphatic heterocycles. The molecule has 0 aromatic rings. The molecule has 3 atom stereocenters. The Kier molecular flexibility index (Phi) is 6.27. The minimum Gasteiger partial charge on any atom is -0.444 e. The van der Waals surface area contributed by atoms with Gasteiger partial charge in [0.2, 0.25) is 0 Å². The third-order valence-corrected chi connectivity index (χ3v) is 3.63. The van der Waals surface area contributed by atoms with E-state index >= 15 is 0 Å². The van der Waals surface area contributed by atoms with Gasteiger partial charge >= 0.3 is 6.09 Å². The fraction of sp³-hybridized carbons (Fsp3) is 0.933. The number of hydrogen-bond acceptors (Lipinski definition) is 4. The van der Waals surface area contributed by atoms with E-state index in [1.807, 2.05) is 27.7 Å². The highest BCUT2D eigenvalue weighted by molar-refractivity contribution is 5.68. The van der Waals surface area contributed by atoms with Gasteiger partial charge in [0, 0.05) is 25.7 Å². The summed E-state index contributed by atoms with van der Waals surface area (Å²) in [5.74, 6) is 0.361. The van der Waals surface area contributed by atoms with Gasteiger partial charge in [-0.3, -0.25) is 0 Å². The fourth-order valence-electron chi connectivity index (χ4n) is 2.50. The molecule has 0 spiro atoms. The van der Waals surface area contributed by atoms with Gasteiger partial charge in [0.1, 0.15) is 5.60 Å². The summed E-state index contributed by atoms with van der Waals surface area (Å²) in [5, 5.41) is 12.7. The number of aliphatic hydroxyl groups excluding tert-OH is 1. The molecule has 0 aromatic carbocycles. The second-order valence-corrected chi connectivity index (χ2v) is 6.84. The summed E-state index contributed by atoms with van der Waals surface area (Å²) in [5.41, 5.74) is -0.459. The fourth-order valence-corrected chi connectivity index (χ4v) is 2.50. The maximum Gasteiger partial charge on any atom is 0.407 e. The Labute approximate surface area is 122 Å². The Morgan fingerprint density at radius 3 is 2.65 bits per heavy atom. The van der Waals surface area contributed by atoms with Gasteiger partial charge in [-0.1, -0.05) is 13.8 Å². The number of carbonyl (C=O) groups is 1. The molecule has 0 radical (unpaired) electrons. The van der Waals surface area contributed by atoms with Crippen LogP contribution in [-0.4, -0.2) is 53.5 Å². The molecule has 118 valence electrons. The van der Waals surface area contributed by atoms with Gasteiger partial charge in [0.25, 0.3) is 0 Å². The van der Waals surface area contributed by atoms with E-state index in [9.17, 15) is 9.90 Å². The number of carbonyl (C=O) groups excluding carboxylic acids is 1. The highest BCUT2D eigenvalue weighted by atomic mass is 16.6. The average molecular weight is 286 g/mol. The Hall–Kier alpha value is -0.810. The van der Waals surface area contributed by atoms with Gasteiger partial charge in [-0.05, 0) is 39.5 Å². The highest BCUT2D eigenvalue weighted by Gasteiger charge is 2.29. The average Bonchev–Trinajstić information content (AvgIpc) is 2.30.